The second-order valence-electron chi connectivity index (χ2n) is 4.17. The van der Waals surface area contributed by atoms with Crippen LogP contribution in [0, 0.1) is 5.82 Å². The smallest absolute Gasteiger partial charge is 0.331 e. The highest BCUT2D eigenvalue weighted by molar-refractivity contribution is 5.97. The first-order valence-corrected chi connectivity index (χ1v) is 5.76. The van der Waals surface area contributed by atoms with E-state index in [0.29, 0.717) is 5.56 Å². The number of carboxylic acid groups (broad SMARTS) is 1. The van der Waals surface area contributed by atoms with E-state index < -0.39 is 23.7 Å². The van der Waals surface area contributed by atoms with Crippen molar-refractivity contribution >= 4 is 11.9 Å². The number of hydrogen-bond acceptors (Lipinski definition) is 3. The van der Waals surface area contributed by atoms with E-state index >= 15 is 0 Å². The minimum atomic E-state index is -1.28. The second-order valence-corrected chi connectivity index (χ2v) is 4.17. The maximum absolute atomic E-state index is 13.5. The Labute approximate surface area is 113 Å². The molecule has 1 amide bonds. The summed E-state index contributed by atoms with van der Waals surface area (Å²) >= 11 is 0. The molecule has 1 heterocycles. The van der Waals surface area contributed by atoms with Crippen molar-refractivity contribution in [3.05, 3.63) is 53.6 Å². The first-order chi connectivity index (χ1) is 9.49. The molecule has 6 nitrogen and oxygen atoms in total. The van der Waals surface area contributed by atoms with Gasteiger partial charge in [-0.05, 0) is 12.1 Å². The molecule has 0 saturated heterocycles. The van der Waals surface area contributed by atoms with Crippen molar-refractivity contribution in [2.75, 3.05) is 0 Å². The summed E-state index contributed by atoms with van der Waals surface area (Å²) in [6.45, 7) is 0. The van der Waals surface area contributed by atoms with E-state index in [1.54, 1.807) is 7.05 Å². The number of nitrogens with zero attached hydrogens (tertiary/aromatic N) is 2. The van der Waals surface area contributed by atoms with E-state index in [9.17, 15) is 14.0 Å². The Kier molecular flexibility index (Phi) is 3.79. The minimum Gasteiger partial charge on any atom is -0.479 e. The lowest BCUT2D eigenvalue weighted by atomic mass is 10.1. The summed E-state index contributed by atoms with van der Waals surface area (Å²) in [5.74, 6) is -2.75. The third-order valence-electron chi connectivity index (χ3n) is 2.70. The van der Waals surface area contributed by atoms with Crippen molar-refractivity contribution in [2.45, 2.75) is 6.04 Å². The summed E-state index contributed by atoms with van der Waals surface area (Å²) in [5.41, 5.74) is 0.104. The zero-order valence-corrected chi connectivity index (χ0v) is 10.6. The Balaban J connectivity index is 2.23. The number of carboxylic acids is 1. The quantitative estimate of drug-likeness (QED) is 0.877. The van der Waals surface area contributed by atoms with Crippen molar-refractivity contribution in [2.24, 2.45) is 7.05 Å². The molecule has 20 heavy (non-hydrogen) atoms. The largest absolute Gasteiger partial charge is 0.479 e. The molecule has 0 saturated carbocycles. The van der Waals surface area contributed by atoms with Crippen LogP contribution in [0.15, 0.2) is 36.7 Å². The maximum atomic E-state index is 13.5. The molecule has 0 fully saturated rings. The highest BCUT2D eigenvalue weighted by atomic mass is 19.1. The van der Waals surface area contributed by atoms with Gasteiger partial charge in [-0.1, -0.05) is 12.1 Å². The first kappa shape index (κ1) is 13.7. The number of rotatable bonds is 4. The Bertz CT molecular complexity index is 654. The molecule has 7 heteroatoms. The fraction of sp³-hybridized carbons (Fsp3) is 0.154. The number of halogens is 1. The number of aliphatic carboxylic acids is 1. The molecule has 104 valence electrons. The Morgan fingerprint density at radius 2 is 2.10 bits per heavy atom. The van der Waals surface area contributed by atoms with Crippen LogP contribution in [-0.4, -0.2) is 26.8 Å². The highest BCUT2D eigenvalue weighted by Crippen LogP contribution is 2.14. The maximum Gasteiger partial charge on any atom is 0.331 e. The number of nitrogens with one attached hydrogen (secondary N) is 1. The zero-order chi connectivity index (χ0) is 14.7. The van der Waals surface area contributed by atoms with Crippen LogP contribution in [0.4, 0.5) is 4.39 Å². The number of aromatic nitrogens is 2. The van der Waals surface area contributed by atoms with Crippen LogP contribution < -0.4 is 5.32 Å². The Morgan fingerprint density at radius 1 is 1.40 bits per heavy atom. The fourth-order valence-corrected chi connectivity index (χ4v) is 1.73. The molecule has 0 spiro atoms. The standard InChI is InChI=1S/C13H12FN3O3/c1-17-7-8(6-15-17)11(13(19)20)16-12(18)9-4-2-3-5-10(9)14/h2-7,11H,1H3,(H,16,18)(H,19,20). The summed E-state index contributed by atoms with van der Waals surface area (Å²) < 4.78 is 14.9. The third-order valence-corrected chi connectivity index (χ3v) is 2.70. The van der Waals surface area contributed by atoms with E-state index in [1.165, 1.54) is 35.3 Å². The van der Waals surface area contributed by atoms with Gasteiger partial charge in [0.05, 0.1) is 11.8 Å². The SMILES string of the molecule is Cn1cc(C(NC(=O)c2ccccc2F)C(=O)O)cn1. The number of carbonyl (C=O) groups is 2. The van der Waals surface area contributed by atoms with Gasteiger partial charge in [0.1, 0.15) is 5.82 Å². The molecule has 1 aromatic heterocycles. The van der Waals surface area contributed by atoms with Gasteiger partial charge < -0.3 is 10.4 Å². The van der Waals surface area contributed by atoms with Gasteiger partial charge in [0, 0.05) is 18.8 Å². The summed E-state index contributed by atoms with van der Waals surface area (Å²) in [6.07, 6.45) is 2.81. The minimum absolute atomic E-state index is 0.206. The molecule has 2 N–H and O–H groups in total. The lowest BCUT2D eigenvalue weighted by Crippen LogP contribution is -2.34. The number of amides is 1. The van der Waals surface area contributed by atoms with Gasteiger partial charge in [0.15, 0.2) is 6.04 Å². The van der Waals surface area contributed by atoms with Crippen molar-refractivity contribution in [1.82, 2.24) is 15.1 Å². The van der Waals surface area contributed by atoms with Crippen LogP contribution >= 0.6 is 0 Å². The molecule has 0 aliphatic heterocycles. The normalized spacial score (nSPS) is 11.9. The number of carbonyl (C=O) groups excluding carboxylic acids is 1. The monoisotopic (exact) mass is 277 g/mol. The van der Waals surface area contributed by atoms with Crippen molar-refractivity contribution in [1.29, 1.82) is 0 Å². The van der Waals surface area contributed by atoms with Gasteiger partial charge in [-0.25, -0.2) is 9.18 Å². The van der Waals surface area contributed by atoms with E-state index in [1.807, 2.05) is 0 Å². The van der Waals surface area contributed by atoms with Gasteiger partial charge in [-0.2, -0.15) is 5.10 Å². The predicted molar refractivity (Wildman–Crippen MR) is 67.5 cm³/mol. The molecule has 2 aromatic rings. The van der Waals surface area contributed by atoms with E-state index in [0.717, 1.165) is 6.07 Å². The predicted octanol–water partition coefficient (Wildman–Crippen LogP) is 1.11. The molecule has 1 atom stereocenters. The van der Waals surface area contributed by atoms with Gasteiger partial charge >= 0.3 is 5.97 Å². The molecular formula is C13H12FN3O3. The molecule has 0 bridgehead atoms. The van der Waals surface area contributed by atoms with Crippen molar-refractivity contribution in [3.8, 4) is 0 Å². The van der Waals surface area contributed by atoms with Crippen LogP contribution in [0.2, 0.25) is 0 Å². The summed E-state index contributed by atoms with van der Waals surface area (Å²) in [7, 11) is 1.63. The topological polar surface area (TPSA) is 84.2 Å². The Hall–Kier alpha value is -2.70. The lowest BCUT2D eigenvalue weighted by molar-refractivity contribution is -0.139. The third kappa shape index (κ3) is 2.82. The average molecular weight is 277 g/mol. The summed E-state index contributed by atoms with van der Waals surface area (Å²) in [5, 5.41) is 15.3. The average Bonchev–Trinajstić information content (AvgIpc) is 2.82. The number of benzene rings is 1. The highest BCUT2D eigenvalue weighted by Gasteiger charge is 2.24. The van der Waals surface area contributed by atoms with Crippen LogP contribution in [0.5, 0.6) is 0 Å². The molecule has 0 radical (unpaired) electrons. The van der Waals surface area contributed by atoms with E-state index in [-0.39, 0.29) is 5.56 Å². The number of hydrogen-bond donors (Lipinski definition) is 2. The molecule has 2 rings (SSSR count). The molecule has 1 aromatic carbocycles. The molecule has 1 unspecified atom stereocenters. The number of aryl methyl sites for hydroxylation is 1. The molecule has 0 aliphatic carbocycles. The van der Waals surface area contributed by atoms with Crippen LogP contribution in [0.1, 0.15) is 22.0 Å². The Morgan fingerprint density at radius 3 is 2.65 bits per heavy atom. The van der Waals surface area contributed by atoms with Gasteiger partial charge in [0.25, 0.3) is 5.91 Å². The van der Waals surface area contributed by atoms with Gasteiger partial charge in [-0.15, -0.1) is 0 Å². The molecular weight excluding hydrogens is 265 g/mol. The van der Waals surface area contributed by atoms with Crippen LogP contribution in [0.25, 0.3) is 0 Å². The lowest BCUT2D eigenvalue weighted by Gasteiger charge is -2.13. The van der Waals surface area contributed by atoms with Gasteiger partial charge in [0.2, 0.25) is 0 Å². The molecule has 0 aliphatic rings. The van der Waals surface area contributed by atoms with Crippen molar-refractivity contribution in [3.63, 3.8) is 0 Å². The fourth-order valence-electron chi connectivity index (χ4n) is 1.73. The zero-order valence-electron chi connectivity index (χ0n) is 10.6. The summed E-state index contributed by atoms with van der Waals surface area (Å²) in [6, 6.07) is 4.08. The van der Waals surface area contributed by atoms with Gasteiger partial charge in [-0.3, -0.25) is 9.48 Å². The first-order valence-electron chi connectivity index (χ1n) is 5.76. The van der Waals surface area contributed by atoms with E-state index in [4.69, 9.17) is 5.11 Å². The summed E-state index contributed by atoms with van der Waals surface area (Å²) in [4.78, 5) is 23.1. The second kappa shape index (κ2) is 5.52. The van der Waals surface area contributed by atoms with Crippen LogP contribution in [0.3, 0.4) is 0 Å². The van der Waals surface area contributed by atoms with Crippen LogP contribution in [-0.2, 0) is 11.8 Å². The van der Waals surface area contributed by atoms with E-state index in [2.05, 4.69) is 10.4 Å². The van der Waals surface area contributed by atoms with Crippen molar-refractivity contribution < 1.29 is 19.1 Å².